The van der Waals surface area contributed by atoms with Crippen molar-refractivity contribution in [2.45, 2.75) is 19.4 Å². The molecular formula is C11H15N5. The first-order valence-corrected chi connectivity index (χ1v) is 5.31. The Hall–Kier alpha value is -1.75. The molecule has 0 aliphatic rings. The van der Waals surface area contributed by atoms with Gasteiger partial charge in [0.1, 0.15) is 0 Å². The molecule has 0 fully saturated rings. The van der Waals surface area contributed by atoms with E-state index in [1.807, 2.05) is 37.4 Å². The zero-order valence-corrected chi connectivity index (χ0v) is 9.46. The largest absolute Gasteiger partial charge is 0.317 e. The summed E-state index contributed by atoms with van der Waals surface area (Å²) in [5, 5.41) is 14.9. The SMILES string of the molecule is CNC(C)Cc1nnnn1-c1ccccc1. The maximum Gasteiger partial charge on any atom is 0.158 e. The standard InChI is InChI=1S/C11H15N5/c1-9(12-2)8-11-13-14-15-16(11)10-6-4-3-5-7-10/h3-7,9,12H,8H2,1-2H3. The molecule has 16 heavy (non-hydrogen) atoms. The molecule has 5 heteroatoms. The monoisotopic (exact) mass is 217 g/mol. The maximum absolute atomic E-state index is 4.04. The minimum atomic E-state index is 0.355. The summed E-state index contributed by atoms with van der Waals surface area (Å²) in [6.07, 6.45) is 0.804. The van der Waals surface area contributed by atoms with Gasteiger partial charge in [0.2, 0.25) is 0 Å². The molecule has 1 aromatic heterocycles. The van der Waals surface area contributed by atoms with Crippen molar-refractivity contribution >= 4 is 0 Å². The van der Waals surface area contributed by atoms with Crippen LogP contribution in [0.5, 0.6) is 0 Å². The summed E-state index contributed by atoms with van der Waals surface area (Å²) in [5.74, 6) is 0.869. The second kappa shape index (κ2) is 4.85. The van der Waals surface area contributed by atoms with E-state index in [0.29, 0.717) is 6.04 Å². The number of benzene rings is 1. The third-order valence-corrected chi connectivity index (χ3v) is 2.52. The third kappa shape index (κ3) is 2.25. The minimum Gasteiger partial charge on any atom is -0.317 e. The average molecular weight is 217 g/mol. The van der Waals surface area contributed by atoms with Crippen molar-refractivity contribution in [2.24, 2.45) is 0 Å². The summed E-state index contributed by atoms with van der Waals surface area (Å²) < 4.78 is 1.77. The van der Waals surface area contributed by atoms with Crippen molar-refractivity contribution in [1.29, 1.82) is 0 Å². The van der Waals surface area contributed by atoms with Gasteiger partial charge < -0.3 is 5.32 Å². The first-order valence-electron chi connectivity index (χ1n) is 5.31. The van der Waals surface area contributed by atoms with Crippen LogP contribution in [0.25, 0.3) is 5.69 Å². The van der Waals surface area contributed by atoms with Crippen LogP contribution in [0.1, 0.15) is 12.7 Å². The molecule has 1 aromatic carbocycles. The predicted octanol–water partition coefficient (Wildman–Crippen LogP) is 0.813. The van der Waals surface area contributed by atoms with E-state index in [2.05, 4.69) is 27.8 Å². The summed E-state index contributed by atoms with van der Waals surface area (Å²) in [4.78, 5) is 0. The fourth-order valence-electron chi connectivity index (χ4n) is 1.48. The Bertz CT molecular complexity index is 437. The third-order valence-electron chi connectivity index (χ3n) is 2.52. The summed E-state index contributed by atoms with van der Waals surface area (Å²) in [6, 6.07) is 10.3. The van der Waals surface area contributed by atoms with Gasteiger partial charge in [-0.2, -0.15) is 4.68 Å². The fraction of sp³-hybridized carbons (Fsp3) is 0.364. The number of aromatic nitrogens is 4. The molecule has 5 nitrogen and oxygen atoms in total. The second-order valence-corrected chi connectivity index (χ2v) is 3.74. The smallest absolute Gasteiger partial charge is 0.158 e. The fourth-order valence-corrected chi connectivity index (χ4v) is 1.48. The maximum atomic E-state index is 4.04. The molecule has 1 unspecified atom stereocenters. The van der Waals surface area contributed by atoms with Crippen molar-refractivity contribution in [3.63, 3.8) is 0 Å². The van der Waals surface area contributed by atoms with Gasteiger partial charge in [0.15, 0.2) is 5.82 Å². The summed E-state index contributed by atoms with van der Waals surface area (Å²) in [6.45, 7) is 2.10. The Morgan fingerprint density at radius 3 is 2.75 bits per heavy atom. The van der Waals surface area contributed by atoms with Gasteiger partial charge in [0.05, 0.1) is 5.69 Å². The summed E-state index contributed by atoms with van der Waals surface area (Å²) >= 11 is 0. The molecule has 0 saturated carbocycles. The Kier molecular flexibility index (Phi) is 3.26. The Labute approximate surface area is 94.5 Å². The summed E-state index contributed by atoms with van der Waals surface area (Å²) in [7, 11) is 1.93. The highest BCUT2D eigenvalue weighted by atomic mass is 15.5. The number of hydrogen-bond acceptors (Lipinski definition) is 4. The Morgan fingerprint density at radius 1 is 1.31 bits per heavy atom. The van der Waals surface area contributed by atoms with Crippen LogP contribution < -0.4 is 5.32 Å². The van der Waals surface area contributed by atoms with E-state index in [0.717, 1.165) is 17.9 Å². The molecule has 2 rings (SSSR count). The van der Waals surface area contributed by atoms with Crippen molar-refractivity contribution in [1.82, 2.24) is 25.5 Å². The molecule has 1 N–H and O–H groups in total. The molecule has 0 radical (unpaired) electrons. The number of likely N-dealkylation sites (N-methyl/N-ethyl adjacent to an activating group) is 1. The number of rotatable bonds is 4. The van der Waals surface area contributed by atoms with Crippen molar-refractivity contribution in [3.05, 3.63) is 36.2 Å². The van der Waals surface area contributed by atoms with Gasteiger partial charge in [-0.15, -0.1) is 5.10 Å². The number of nitrogens with one attached hydrogen (secondary N) is 1. The lowest BCUT2D eigenvalue weighted by molar-refractivity contribution is 0.580. The molecule has 0 bridgehead atoms. The molecule has 84 valence electrons. The van der Waals surface area contributed by atoms with Crippen LogP contribution in [-0.4, -0.2) is 33.3 Å². The van der Waals surface area contributed by atoms with Crippen LogP contribution in [0, 0.1) is 0 Å². The quantitative estimate of drug-likeness (QED) is 0.823. The Balaban J connectivity index is 2.26. The van der Waals surface area contributed by atoms with Crippen LogP contribution in [0.3, 0.4) is 0 Å². The lowest BCUT2D eigenvalue weighted by Crippen LogP contribution is -2.25. The van der Waals surface area contributed by atoms with E-state index >= 15 is 0 Å². The zero-order chi connectivity index (χ0) is 11.4. The van der Waals surface area contributed by atoms with Crippen molar-refractivity contribution in [2.75, 3.05) is 7.05 Å². The van der Waals surface area contributed by atoms with Gasteiger partial charge in [-0.05, 0) is 36.5 Å². The van der Waals surface area contributed by atoms with Crippen LogP contribution >= 0.6 is 0 Å². The molecule has 0 saturated heterocycles. The highest BCUT2D eigenvalue weighted by molar-refractivity contribution is 5.30. The average Bonchev–Trinajstić information content (AvgIpc) is 2.78. The molecule has 0 spiro atoms. The van der Waals surface area contributed by atoms with Gasteiger partial charge in [-0.25, -0.2) is 0 Å². The van der Waals surface area contributed by atoms with E-state index in [4.69, 9.17) is 0 Å². The molecule has 1 heterocycles. The van der Waals surface area contributed by atoms with Gasteiger partial charge >= 0.3 is 0 Å². The topological polar surface area (TPSA) is 55.6 Å². The lowest BCUT2D eigenvalue weighted by Gasteiger charge is -2.09. The minimum absolute atomic E-state index is 0.355. The van der Waals surface area contributed by atoms with E-state index in [-0.39, 0.29) is 0 Å². The first kappa shape index (κ1) is 10.8. The van der Waals surface area contributed by atoms with E-state index in [1.54, 1.807) is 4.68 Å². The second-order valence-electron chi connectivity index (χ2n) is 3.74. The van der Waals surface area contributed by atoms with E-state index in [9.17, 15) is 0 Å². The number of hydrogen-bond donors (Lipinski definition) is 1. The summed E-state index contributed by atoms with van der Waals surface area (Å²) in [5.41, 5.74) is 0.991. The molecule has 1 atom stereocenters. The Morgan fingerprint density at radius 2 is 2.06 bits per heavy atom. The van der Waals surface area contributed by atoms with Crippen molar-refractivity contribution in [3.8, 4) is 5.69 Å². The van der Waals surface area contributed by atoms with Crippen LogP contribution in [-0.2, 0) is 6.42 Å². The highest BCUT2D eigenvalue weighted by Crippen LogP contribution is 2.08. The highest BCUT2D eigenvalue weighted by Gasteiger charge is 2.10. The zero-order valence-electron chi connectivity index (χ0n) is 9.46. The molecule has 0 aliphatic heterocycles. The molecular weight excluding hydrogens is 202 g/mol. The van der Waals surface area contributed by atoms with Crippen LogP contribution in [0.15, 0.2) is 30.3 Å². The number of tetrazole rings is 1. The molecule has 2 aromatic rings. The number of para-hydroxylation sites is 1. The molecule has 0 aliphatic carbocycles. The van der Waals surface area contributed by atoms with E-state index in [1.165, 1.54) is 0 Å². The van der Waals surface area contributed by atoms with Gasteiger partial charge in [-0.3, -0.25) is 0 Å². The van der Waals surface area contributed by atoms with E-state index < -0.39 is 0 Å². The van der Waals surface area contributed by atoms with Gasteiger partial charge in [-0.1, -0.05) is 18.2 Å². The first-order chi connectivity index (χ1) is 7.81. The van der Waals surface area contributed by atoms with Crippen LogP contribution in [0.2, 0.25) is 0 Å². The molecule has 0 amide bonds. The number of nitrogens with zero attached hydrogens (tertiary/aromatic N) is 4. The lowest BCUT2D eigenvalue weighted by atomic mass is 10.2. The van der Waals surface area contributed by atoms with Gasteiger partial charge in [0.25, 0.3) is 0 Å². The predicted molar refractivity (Wildman–Crippen MR) is 61.4 cm³/mol. The van der Waals surface area contributed by atoms with Gasteiger partial charge in [0, 0.05) is 12.5 Å². The van der Waals surface area contributed by atoms with Crippen LogP contribution in [0.4, 0.5) is 0 Å². The van der Waals surface area contributed by atoms with Crippen molar-refractivity contribution < 1.29 is 0 Å². The normalized spacial score (nSPS) is 12.6.